The highest BCUT2D eigenvalue weighted by Crippen LogP contribution is 1.95. The lowest BCUT2D eigenvalue weighted by Gasteiger charge is -2.05. The van der Waals surface area contributed by atoms with Crippen molar-refractivity contribution in [3.8, 4) is 0 Å². The summed E-state index contributed by atoms with van der Waals surface area (Å²) < 4.78 is 0. The van der Waals surface area contributed by atoms with Crippen LogP contribution in [-0.4, -0.2) is 29.0 Å². The SMILES string of the molecule is CC(C)CN=C(N)NCCCc1cnc[nH]1. The number of rotatable bonds is 6. The van der Waals surface area contributed by atoms with Crippen LogP contribution < -0.4 is 11.1 Å². The molecule has 1 aromatic rings. The van der Waals surface area contributed by atoms with Crippen molar-refractivity contribution < 1.29 is 0 Å². The summed E-state index contributed by atoms with van der Waals surface area (Å²) in [6.07, 6.45) is 5.53. The fourth-order valence-electron chi connectivity index (χ4n) is 1.25. The molecule has 0 saturated carbocycles. The van der Waals surface area contributed by atoms with Crippen molar-refractivity contribution in [3.05, 3.63) is 18.2 Å². The molecule has 0 radical (unpaired) electrons. The molecule has 0 aromatic carbocycles. The van der Waals surface area contributed by atoms with Crippen LogP contribution in [0, 0.1) is 5.92 Å². The molecule has 0 fully saturated rings. The lowest BCUT2D eigenvalue weighted by Crippen LogP contribution is -2.33. The fraction of sp³-hybridized carbons (Fsp3) is 0.636. The Morgan fingerprint density at radius 3 is 3.06 bits per heavy atom. The van der Waals surface area contributed by atoms with Gasteiger partial charge in [-0.1, -0.05) is 13.8 Å². The normalized spacial score (nSPS) is 12.1. The molecule has 5 heteroatoms. The van der Waals surface area contributed by atoms with Crippen LogP contribution >= 0.6 is 0 Å². The van der Waals surface area contributed by atoms with Gasteiger partial charge in [-0.15, -0.1) is 0 Å². The number of hydrogen-bond acceptors (Lipinski definition) is 2. The molecule has 90 valence electrons. The Bertz CT molecular complexity index is 302. The van der Waals surface area contributed by atoms with Crippen LogP contribution in [0.4, 0.5) is 0 Å². The third kappa shape index (κ3) is 5.38. The Morgan fingerprint density at radius 2 is 2.44 bits per heavy atom. The minimum atomic E-state index is 0.540. The Hall–Kier alpha value is -1.52. The number of nitrogens with two attached hydrogens (primary N) is 1. The summed E-state index contributed by atoms with van der Waals surface area (Å²) in [6.45, 7) is 5.86. The van der Waals surface area contributed by atoms with Crippen LogP contribution in [0.2, 0.25) is 0 Å². The number of nitrogens with zero attached hydrogens (tertiary/aromatic N) is 2. The molecular weight excluding hydrogens is 202 g/mol. The quantitative estimate of drug-likeness (QED) is 0.381. The van der Waals surface area contributed by atoms with Gasteiger partial charge in [0.2, 0.25) is 0 Å². The molecule has 0 bridgehead atoms. The number of H-pyrrole nitrogens is 1. The van der Waals surface area contributed by atoms with Gasteiger partial charge in [0.25, 0.3) is 0 Å². The maximum Gasteiger partial charge on any atom is 0.188 e. The first-order chi connectivity index (χ1) is 7.68. The standard InChI is InChI=1S/C11H21N5/c1-9(2)6-15-11(12)14-5-3-4-10-7-13-8-16-10/h7-9H,3-6H2,1-2H3,(H,13,16)(H3,12,14,15). The number of imidazole rings is 1. The highest BCUT2D eigenvalue weighted by molar-refractivity contribution is 5.77. The Kier molecular flexibility index (Phi) is 5.39. The number of hydrogen-bond donors (Lipinski definition) is 3. The second-order valence-corrected chi connectivity index (χ2v) is 4.23. The number of aromatic nitrogens is 2. The van der Waals surface area contributed by atoms with Crippen LogP contribution in [0.15, 0.2) is 17.5 Å². The molecule has 1 rings (SSSR count). The van der Waals surface area contributed by atoms with Gasteiger partial charge in [-0.2, -0.15) is 0 Å². The van der Waals surface area contributed by atoms with Crippen LogP contribution in [0.25, 0.3) is 0 Å². The van der Waals surface area contributed by atoms with E-state index in [9.17, 15) is 0 Å². The Balaban J connectivity index is 2.08. The number of aliphatic imine (C=N–C) groups is 1. The highest BCUT2D eigenvalue weighted by Gasteiger charge is 1.96. The molecule has 0 aliphatic rings. The van der Waals surface area contributed by atoms with Crippen LogP contribution in [-0.2, 0) is 6.42 Å². The van der Waals surface area contributed by atoms with Gasteiger partial charge in [0.1, 0.15) is 0 Å². The second kappa shape index (κ2) is 6.87. The number of guanidine groups is 1. The van der Waals surface area contributed by atoms with E-state index in [-0.39, 0.29) is 0 Å². The lowest BCUT2D eigenvalue weighted by atomic mass is 10.2. The van der Waals surface area contributed by atoms with Gasteiger partial charge in [0, 0.05) is 25.0 Å². The molecule has 4 N–H and O–H groups in total. The van der Waals surface area contributed by atoms with Crippen molar-refractivity contribution in [3.63, 3.8) is 0 Å². The van der Waals surface area contributed by atoms with E-state index in [1.807, 2.05) is 6.20 Å². The van der Waals surface area contributed by atoms with E-state index in [1.54, 1.807) is 6.33 Å². The maximum atomic E-state index is 5.70. The summed E-state index contributed by atoms with van der Waals surface area (Å²) in [5.74, 6) is 1.09. The van der Waals surface area contributed by atoms with Gasteiger partial charge < -0.3 is 16.0 Å². The van der Waals surface area contributed by atoms with Gasteiger partial charge in [-0.3, -0.25) is 4.99 Å². The first-order valence-corrected chi connectivity index (χ1v) is 5.69. The Morgan fingerprint density at radius 1 is 1.62 bits per heavy atom. The second-order valence-electron chi connectivity index (χ2n) is 4.23. The zero-order chi connectivity index (χ0) is 11.8. The molecule has 0 atom stereocenters. The van der Waals surface area contributed by atoms with E-state index in [0.29, 0.717) is 11.9 Å². The molecule has 0 aliphatic carbocycles. The van der Waals surface area contributed by atoms with Gasteiger partial charge >= 0.3 is 0 Å². The highest BCUT2D eigenvalue weighted by atomic mass is 15.1. The predicted octanol–water partition coefficient (Wildman–Crippen LogP) is 0.903. The van der Waals surface area contributed by atoms with E-state index in [4.69, 9.17) is 5.73 Å². The monoisotopic (exact) mass is 223 g/mol. The molecule has 0 amide bonds. The van der Waals surface area contributed by atoms with Crippen molar-refractivity contribution >= 4 is 5.96 Å². The summed E-state index contributed by atoms with van der Waals surface area (Å²) >= 11 is 0. The smallest absolute Gasteiger partial charge is 0.188 e. The minimum absolute atomic E-state index is 0.540. The topological polar surface area (TPSA) is 79.1 Å². The minimum Gasteiger partial charge on any atom is -0.370 e. The summed E-state index contributed by atoms with van der Waals surface area (Å²) in [5.41, 5.74) is 6.85. The first kappa shape index (κ1) is 12.5. The van der Waals surface area contributed by atoms with Crippen molar-refractivity contribution in [2.75, 3.05) is 13.1 Å². The van der Waals surface area contributed by atoms with Crippen molar-refractivity contribution in [2.24, 2.45) is 16.6 Å². The molecule has 1 heterocycles. The molecule has 0 unspecified atom stereocenters. The van der Waals surface area contributed by atoms with Crippen molar-refractivity contribution in [1.29, 1.82) is 0 Å². The van der Waals surface area contributed by atoms with E-state index >= 15 is 0 Å². The van der Waals surface area contributed by atoms with E-state index in [2.05, 4.69) is 34.1 Å². The summed E-state index contributed by atoms with van der Waals surface area (Å²) in [7, 11) is 0. The van der Waals surface area contributed by atoms with Crippen LogP contribution in [0.3, 0.4) is 0 Å². The third-order valence-electron chi connectivity index (χ3n) is 2.11. The molecule has 0 aliphatic heterocycles. The summed E-state index contributed by atoms with van der Waals surface area (Å²) in [4.78, 5) is 11.2. The average molecular weight is 223 g/mol. The van der Waals surface area contributed by atoms with E-state index in [0.717, 1.165) is 31.6 Å². The fourth-order valence-corrected chi connectivity index (χ4v) is 1.25. The molecule has 0 spiro atoms. The molecule has 1 aromatic heterocycles. The van der Waals surface area contributed by atoms with Crippen LogP contribution in [0.1, 0.15) is 26.0 Å². The maximum absolute atomic E-state index is 5.70. The van der Waals surface area contributed by atoms with Crippen LogP contribution in [0.5, 0.6) is 0 Å². The number of aryl methyl sites for hydroxylation is 1. The largest absolute Gasteiger partial charge is 0.370 e. The zero-order valence-corrected chi connectivity index (χ0v) is 10.0. The molecule has 0 saturated heterocycles. The van der Waals surface area contributed by atoms with Crippen molar-refractivity contribution in [2.45, 2.75) is 26.7 Å². The first-order valence-electron chi connectivity index (χ1n) is 5.69. The van der Waals surface area contributed by atoms with Gasteiger partial charge in [0.15, 0.2) is 5.96 Å². The van der Waals surface area contributed by atoms with Crippen molar-refractivity contribution in [1.82, 2.24) is 15.3 Å². The molecular formula is C11H21N5. The predicted molar refractivity (Wildman–Crippen MR) is 66.2 cm³/mol. The van der Waals surface area contributed by atoms with E-state index < -0.39 is 0 Å². The average Bonchev–Trinajstić information content (AvgIpc) is 2.74. The Labute approximate surface area is 96.6 Å². The third-order valence-corrected chi connectivity index (χ3v) is 2.11. The van der Waals surface area contributed by atoms with E-state index in [1.165, 1.54) is 0 Å². The summed E-state index contributed by atoms with van der Waals surface area (Å²) in [6, 6.07) is 0. The van der Waals surface area contributed by atoms with Gasteiger partial charge in [-0.05, 0) is 18.8 Å². The number of aromatic amines is 1. The lowest BCUT2D eigenvalue weighted by molar-refractivity contribution is 0.659. The summed E-state index contributed by atoms with van der Waals surface area (Å²) in [5, 5.41) is 3.09. The zero-order valence-electron chi connectivity index (χ0n) is 10.0. The molecule has 16 heavy (non-hydrogen) atoms. The number of nitrogens with one attached hydrogen (secondary N) is 2. The van der Waals surface area contributed by atoms with Gasteiger partial charge in [-0.25, -0.2) is 4.98 Å². The van der Waals surface area contributed by atoms with Gasteiger partial charge in [0.05, 0.1) is 6.33 Å². The molecule has 5 nitrogen and oxygen atoms in total.